The van der Waals surface area contributed by atoms with Gasteiger partial charge in [-0.15, -0.1) is 0 Å². The molecule has 22 heavy (non-hydrogen) atoms. The van der Waals surface area contributed by atoms with Gasteiger partial charge in [0.1, 0.15) is 11.0 Å². The molecule has 0 bridgehead atoms. The fraction of sp³-hybridized carbons (Fsp3) is 0.353. The lowest BCUT2D eigenvalue weighted by Gasteiger charge is -2.25. The molecule has 3 aromatic heterocycles. The molecule has 0 aromatic carbocycles. The summed E-state index contributed by atoms with van der Waals surface area (Å²) in [5.41, 5.74) is 4.89. The Labute approximate surface area is 129 Å². The van der Waals surface area contributed by atoms with Gasteiger partial charge in [0.25, 0.3) is 0 Å². The lowest BCUT2D eigenvalue weighted by Crippen LogP contribution is -2.30. The van der Waals surface area contributed by atoms with Crippen LogP contribution in [0.15, 0.2) is 36.7 Å². The van der Waals surface area contributed by atoms with E-state index in [1.54, 1.807) is 0 Å². The van der Waals surface area contributed by atoms with Gasteiger partial charge < -0.3 is 4.74 Å². The Bertz CT molecular complexity index is 820. The smallest absolute Gasteiger partial charge is 0.111 e. The fourth-order valence-electron chi connectivity index (χ4n) is 2.58. The summed E-state index contributed by atoms with van der Waals surface area (Å²) in [6.45, 7) is 5.83. The van der Waals surface area contributed by atoms with Crippen molar-refractivity contribution in [1.29, 1.82) is 0 Å². The Kier molecular flexibility index (Phi) is 3.15. The minimum Gasteiger partial charge on any atom is -0.377 e. The largest absolute Gasteiger partial charge is 0.377 e. The number of hydrogen-bond acceptors (Lipinski definition) is 4. The van der Waals surface area contributed by atoms with Crippen LogP contribution in [0.4, 0.5) is 0 Å². The maximum absolute atomic E-state index is 5.22. The zero-order valence-electron chi connectivity index (χ0n) is 12.7. The number of hydrogen-bond donors (Lipinski definition) is 0. The van der Waals surface area contributed by atoms with Crippen LogP contribution in [0.5, 0.6) is 0 Å². The van der Waals surface area contributed by atoms with Crippen molar-refractivity contribution in [2.24, 2.45) is 0 Å². The average molecular weight is 294 g/mol. The molecule has 1 fully saturated rings. The first-order valence-corrected chi connectivity index (χ1v) is 7.60. The van der Waals surface area contributed by atoms with Gasteiger partial charge in [-0.1, -0.05) is 13.8 Å². The van der Waals surface area contributed by atoms with Crippen LogP contribution >= 0.6 is 0 Å². The summed E-state index contributed by atoms with van der Waals surface area (Å²) in [6.07, 6.45) is 3.85. The maximum atomic E-state index is 5.22. The zero-order valence-corrected chi connectivity index (χ0v) is 12.7. The lowest BCUT2D eigenvalue weighted by molar-refractivity contribution is -0.0283. The van der Waals surface area contributed by atoms with Crippen molar-refractivity contribution >= 4 is 11.0 Å². The van der Waals surface area contributed by atoms with Crippen molar-refractivity contribution in [3.05, 3.63) is 42.2 Å². The van der Waals surface area contributed by atoms with Crippen molar-refractivity contribution < 1.29 is 4.74 Å². The van der Waals surface area contributed by atoms with Crippen molar-refractivity contribution in [2.75, 3.05) is 13.2 Å². The molecule has 0 saturated carbocycles. The third-order valence-corrected chi connectivity index (χ3v) is 4.09. The van der Waals surface area contributed by atoms with Gasteiger partial charge in [0.15, 0.2) is 0 Å². The third-order valence-electron chi connectivity index (χ3n) is 4.09. The molecule has 4 rings (SSSR count). The number of aromatic nitrogens is 4. The van der Waals surface area contributed by atoms with E-state index in [4.69, 9.17) is 9.72 Å². The molecule has 0 N–H and O–H groups in total. The zero-order chi connectivity index (χ0) is 15.1. The van der Waals surface area contributed by atoms with Crippen LogP contribution in [-0.4, -0.2) is 33.0 Å². The molecule has 4 heterocycles. The molecule has 5 nitrogen and oxygen atoms in total. The van der Waals surface area contributed by atoms with Crippen LogP contribution < -0.4 is 0 Å². The summed E-state index contributed by atoms with van der Waals surface area (Å²) >= 11 is 0. The van der Waals surface area contributed by atoms with E-state index in [0.29, 0.717) is 12.0 Å². The van der Waals surface area contributed by atoms with Crippen LogP contribution in [0.25, 0.3) is 22.4 Å². The molecule has 0 aliphatic carbocycles. The maximum Gasteiger partial charge on any atom is 0.111 e. The van der Waals surface area contributed by atoms with Gasteiger partial charge in [0, 0.05) is 6.20 Å². The SMILES string of the molecule is CC(C)c1ccnc(-c2ccc3nn(C4COC4)cc3n2)c1. The number of fused-ring (bicyclic) bond motifs is 1. The van der Waals surface area contributed by atoms with E-state index in [1.165, 1.54) is 5.56 Å². The van der Waals surface area contributed by atoms with Crippen LogP contribution in [-0.2, 0) is 4.74 Å². The van der Waals surface area contributed by atoms with E-state index in [-0.39, 0.29) is 0 Å². The van der Waals surface area contributed by atoms with Crippen LogP contribution in [0.1, 0.15) is 31.4 Å². The second kappa shape index (κ2) is 5.18. The summed E-state index contributed by atoms with van der Waals surface area (Å²) < 4.78 is 7.18. The fourth-order valence-corrected chi connectivity index (χ4v) is 2.58. The molecule has 0 radical (unpaired) electrons. The van der Waals surface area contributed by atoms with E-state index >= 15 is 0 Å². The van der Waals surface area contributed by atoms with Crippen molar-refractivity contribution in [3.8, 4) is 11.4 Å². The van der Waals surface area contributed by atoms with Crippen molar-refractivity contribution in [2.45, 2.75) is 25.8 Å². The van der Waals surface area contributed by atoms with Crippen LogP contribution in [0.3, 0.4) is 0 Å². The molecule has 1 aliphatic rings. The van der Waals surface area contributed by atoms with Gasteiger partial charge in [0.05, 0.1) is 36.8 Å². The molecule has 0 unspecified atom stereocenters. The first-order valence-electron chi connectivity index (χ1n) is 7.60. The van der Waals surface area contributed by atoms with Crippen molar-refractivity contribution in [3.63, 3.8) is 0 Å². The summed E-state index contributed by atoms with van der Waals surface area (Å²) in [4.78, 5) is 9.18. The van der Waals surface area contributed by atoms with Crippen LogP contribution in [0.2, 0.25) is 0 Å². The summed E-state index contributed by atoms with van der Waals surface area (Å²) in [6, 6.07) is 8.52. The summed E-state index contributed by atoms with van der Waals surface area (Å²) in [5.74, 6) is 0.479. The van der Waals surface area contributed by atoms with E-state index in [1.807, 2.05) is 29.2 Å². The monoisotopic (exact) mass is 294 g/mol. The Morgan fingerprint density at radius 1 is 1.14 bits per heavy atom. The molecule has 5 heteroatoms. The normalized spacial score (nSPS) is 15.4. The number of pyridine rings is 2. The van der Waals surface area contributed by atoms with E-state index in [2.05, 4.69) is 36.1 Å². The Balaban J connectivity index is 1.74. The number of ether oxygens (including phenoxy) is 1. The van der Waals surface area contributed by atoms with Gasteiger partial charge in [0.2, 0.25) is 0 Å². The minimum absolute atomic E-state index is 0.347. The molecular formula is C17H18N4O. The lowest BCUT2D eigenvalue weighted by atomic mass is 10.0. The summed E-state index contributed by atoms with van der Waals surface area (Å²) in [7, 11) is 0. The van der Waals surface area contributed by atoms with E-state index < -0.39 is 0 Å². The van der Waals surface area contributed by atoms with Crippen LogP contribution in [0, 0.1) is 0 Å². The summed E-state index contributed by atoms with van der Waals surface area (Å²) in [5, 5.41) is 4.57. The second-order valence-corrected chi connectivity index (χ2v) is 6.03. The van der Waals surface area contributed by atoms with Gasteiger partial charge in [-0.3, -0.25) is 9.67 Å². The highest BCUT2D eigenvalue weighted by Crippen LogP contribution is 2.24. The Morgan fingerprint density at radius 3 is 2.73 bits per heavy atom. The third kappa shape index (κ3) is 2.27. The number of rotatable bonds is 3. The molecule has 0 amide bonds. The molecule has 112 valence electrons. The molecule has 0 atom stereocenters. The van der Waals surface area contributed by atoms with Gasteiger partial charge >= 0.3 is 0 Å². The Morgan fingerprint density at radius 2 is 2.00 bits per heavy atom. The molecule has 1 saturated heterocycles. The first-order chi connectivity index (χ1) is 10.7. The quantitative estimate of drug-likeness (QED) is 0.744. The minimum atomic E-state index is 0.347. The highest BCUT2D eigenvalue weighted by molar-refractivity contribution is 5.77. The topological polar surface area (TPSA) is 52.8 Å². The van der Waals surface area contributed by atoms with Crippen molar-refractivity contribution in [1.82, 2.24) is 19.7 Å². The highest BCUT2D eigenvalue weighted by atomic mass is 16.5. The van der Waals surface area contributed by atoms with E-state index in [9.17, 15) is 0 Å². The predicted molar refractivity (Wildman–Crippen MR) is 84.7 cm³/mol. The highest BCUT2D eigenvalue weighted by Gasteiger charge is 2.21. The standard InChI is InChI=1S/C17H18N4O/c1-11(2)12-5-6-18-16(7-12)14-3-4-15-17(19-14)8-21(20-15)13-9-22-10-13/h3-8,11,13H,9-10H2,1-2H3. The average Bonchev–Trinajstić information content (AvgIpc) is 2.87. The van der Waals surface area contributed by atoms with Gasteiger partial charge in [-0.2, -0.15) is 5.10 Å². The Hall–Kier alpha value is -2.27. The predicted octanol–water partition coefficient (Wildman–Crippen LogP) is 3.19. The second-order valence-electron chi connectivity index (χ2n) is 6.03. The molecular weight excluding hydrogens is 276 g/mol. The molecule has 0 spiro atoms. The molecule has 1 aliphatic heterocycles. The van der Waals surface area contributed by atoms with Gasteiger partial charge in [-0.25, -0.2) is 4.98 Å². The molecule has 3 aromatic rings. The number of nitrogens with zero attached hydrogens (tertiary/aromatic N) is 4. The van der Waals surface area contributed by atoms with E-state index in [0.717, 1.165) is 35.6 Å². The van der Waals surface area contributed by atoms with Gasteiger partial charge in [-0.05, 0) is 35.7 Å². The first kappa shape index (κ1) is 13.4.